The number of ketones is 1. The Kier molecular flexibility index (Phi) is 6.46. The number of pyridine rings is 1. The number of hydrogen-bond donors (Lipinski definition) is 0. The van der Waals surface area contributed by atoms with E-state index >= 15 is 0 Å². The maximum absolute atomic E-state index is 13.3. The normalized spacial score (nSPS) is 14.3. The van der Waals surface area contributed by atoms with Gasteiger partial charge >= 0.3 is 0 Å². The van der Waals surface area contributed by atoms with Crippen LogP contribution in [0.5, 0.6) is 5.75 Å². The Balaban J connectivity index is 1.58. The summed E-state index contributed by atoms with van der Waals surface area (Å²) in [7, 11) is -3.75. The molecular formula is C27H25N3O4S. The number of hydrogen-bond acceptors (Lipinski definition) is 6. The van der Waals surface area contributed by atoms with Crippen LogP contribution in [0.4, 0.5) is 0 Å². The molecule has 0 amide bonds. The fraction of sp³-hybridized carbons (Fsp3) is 0.222. The molecule has 2 heterocycles. The minimum absolute atomic E-state index is 0.00344. The first-order chi connectivity index (χ1) is 17.0. The van der Waals surface area contributed by atoms with Crippen molar-refractivity contribution in [3.8, 4) is 5.75 Å². The lowest BCUT2D eigenvalue weighted by Crippen LogP contribution is -2.19. The van der Waals surface area contributed by atoms with E-state index in [-0.39, 0.29) is 22.7 Å². The second kappa shape index (κ2) is 9.84. The van der Waals surface area contributed by atoms with Crippen molar-refractivity contribution in [3.63, 3.8) is 0 Å². The third kappa shape index (κ3) is 5.02. The molecule has 1 atom stereocenters. The van der Waals surface area contributed by atoms with Crippen molar-refractivity contribution in [1.29, 1.82) is 0 Å². The molecule has 0 bridgehead atoms. The highest BCUT2D eigenvalue weighted by molar-refractivity contribution is 7.90. The van der Waals surface area contributed by atoms with Crippen LogP contribution in [0.3, 0.4) is 0 Å². The number of Topliss-reactive ketones (excluding diaryl/α,β-unsaturated/α-hetero) is 1. The van der Waals surface area contributed by atoms with Crippen LogP contribution in [-0.4, -0.2) is 28.7 Å². The first-order valence-electron chi connectivity index (χ1n) is 11.5. The number of nitrogens with zero attached hydrogens (tertiary/aromatic N) is 3. The second-order valence-corrected chi connectivity index (χ2v) is 10.5. The van der Waals surface area contributed by atoms with Crippen LogP contribution < -0.4 is 4.74 Å². The number of benzene rings is 2. The van der Waals surface area contributed by atoms with E-state index in [9.17, 15) is 13.2 Å². The smallest absolute Gasteiger partial charge is 0.199 e. The number of aromatic nitrogens is 3. The van der Waals surface area contributed by atoms with Gasteiger partial charge < -0.3 is 9.30 Å². The van der Waals surface area contributed by atoms with E-state index in [2.05, 4.69) is 9.97 Å². The van der Waals surface area contributed by atoms with Gasteiger partial charge in [-0.3, -0.25) is 4.79 Å². The van der Waals surface area contributed by atoms with Gasteiger partial charge in [-0.15, -0.1) is 0 Å². The molecule has 0 fully saturated rings. The molecule has 1 aliphatic carbocycles. The van der Waals surface area contributed by atoms with E-state index in [1.54, 1.807) is 36.8 Å². The lowest BCUT2D eigenvalue weighted by molar-refractivity contribution is 0.0972. The van der Waals surface area contributed by atoms with Crippen molar-refractivity contribution in [3.05, 3.63) is 108 Å². The molecule has 7 nitrogen and oxygen atoms in total. The zero-order valence-corrected chi connectivity index (χ0v) is 19.9. The van der Waals surface area contributed by atoms with Crippen molar-refractivity contribution in [2.75, 3.05) is 0 Å². The summed E-state index contributed by atoms with van der Waals surface area (Å²) in [5.74, 6) is 0.210. The quantitative estimate of drug-likeness (QED) is 0.361. The van der Waals surface area contributed by atoms with Gasteiger partial charge in [-0.2, -0.15) is 0 Å². The summed E-state index contributed by atoms with van der Waals surface area (Å²) >= 11 is 0. The number of carbonyl (C=O) groups excluding carboxylic acids is 1. The third-order valence-electron chi connectivity index (χ3n) is 6.19. The molecule has 4 aromatic rings. The molecule has 1 aliphatic rings. The third-order valence-corrected chi connectivity index (χ3v) is 7.73. The van der Waals surface area contributed by atoms with Gasteiger partial charge in [-0.25, -0.2) is 18.4 Å². The van der Waals surface area contributed by atoms with E-state index < -0.39 is 9.84 Å². The van der Waals surface area contributed by atoms with Gasteiger partial charge in [0, 0.05) is 36.1 Å². The number of imidazole rings is 1. The van der Waals surface area contributed by atoms with Gasteiger partial charge in [0.25, 0.3) is 0 Å². The molecule has 0 radical (unpaired) electrons. The summed E-state index contributed by atoms with van der Waals surface area (Å²) in [5, 5.41) is 0.00344. The molecule has 0 N–H and O–H groups in total. The van der Waals surface area contributed by atoms with Crippen LogP contribution in [0, 0.1) is 0 Å². The first-order valence-corrected chi connectivity index (χ1v) is 13.2. The highest BCUT2D eigenvalue weighted by Gasteiger charge is 2.28. The molecule has 0 spiro atoms. The zero-order valence-electron chi connectivity index (χ0n) is 19.1. The van der Waals surface area contributed by atoms with Gasteiger partial charge in [0.05, 0.1) is 18.6 Å². The largest absolute Gasteiger partial charge is 0.484 e. The molecule has 178 valence electrons. The number of rotatable bonds is 8. The van der Waals surface area contributed by atoms with E-state index in [1.807, 2.05) is 41.1 Å². The minimum atomic E-state index is -3.75. The summed E-state index contributed by atoms with van der Waals surface area (Å²) in [6.07, 6.45) is 8.13. The molecule has 0 saturated carbocycles. The van der Waals surface area contributed by atoms with Crippen molar-refractivity contribution in [1.82, 2.24) is 14.5 Å². The van der Waals surface area contributed by atoms with Crippen LogP contribution in [-0.2, 0) is 28.6 Å². The van der Waals surface area contributed by atoms with Crippen LogP contribution in [0.2, 0.25) is 0 Å². The van der Waals surface area contributed by atoms with E-state index in [0.29, 0.717) is 42.7 Å². The SMILES string of the molecule is O=C1CCCc2c1ccc(OC(Cn1ccnc1)c1ccccc1)c2CS(=O)(=O)c1ccccn1. The summed E-state index contributed by atoms with van der Waals surface area (Å²) in [5.41, 5.74) is 2.83. The standard InChI is InChI=1S/C27H25N3O4S/c31-24-10-6-9-21-22(24)12-13-25(23(21)18-35(32,33)27-11-4-5-14-29-27)34-26(17-30-16-15-28-19-30)20-7-2-1-3-8-20/h1-5,7-8,11-16,19,26H,6,9-10,17-18H2. The molecule has 0 saturated heterocycles. The Morgan fingerprint density at radius 2 is 1.80 bits per heavy atom. The molecule has 5 rings (SSSR count). The second-order valence-electron chi connectivity index (χ2n) is 8.55. The number of ether oxygens (including phenoxy) is 1. The summed E-state index contributed by atoms with van der Waals surface area (Å²) < 4.78 is 35.1. The Labute approximate surface area is 204 Å². The molecule has 0 aliphatic heterocycles. The molecule has 8 heteroatoms. The van der Waals surface area contributed by atoms with Crippen molar-refractivity contribution in [2.24, 2.45) is 0 Å². The highest BCUT2D eigenvalue weighted by atomic mass is 32.2. The van der Waals surface area contributed by atoms with Gasteiger partial charge in [-0.05, 0) is 48.2 Å². The minimum Gasteiger partial charge on any atom is -0.484 e. The molecule has 1 unspecified atom stereocenters. The average Bonchev–Trinajstić information content (AvgIpc) is 3.39. The van der Waals surface area contributed by atoms with E-state index in [0.717, 1.165) is 11.1 Å². The topological polar surface area (TPSA) is 91.2 Å². The first kappa shape index (κ1) is 23.0. The van der Waals surface area contributed by atoms with E-state index in [1.165, 1.54) is 12.3 Å². The maximum Gasteiger partial charge on any atom is 0.199 e. The molecule has 2 aromatic carbocycles. The van der Waals surface area contributed by atoms with Gasteiger partial charge in [0.15, 0.2) is 20.6 Å². The number of carbonyl (C=O) groups is 1. The van der Waals surface area contributed by atoms with Gasteiger partial charge in [-0.1, -0.05) is 36.4 Å². The monoisotopic (exact) mass is 487 g/mol. The summed E-state index contributed by atoms with van der Waals surface area (Å²) in [4.78, 5) is 20.8. The molecular weight excluding hydrogens is 462 g/mol. The summed E-state index contributed by atoms with van der Waals surface area (Å²) in [6.45, 7) is 0.493. The Morgan fingerprint density at radius 3 is 2.54 bits per heavy atom. The van der Waals surface area contributed by atoms with E-state index in [4.69, 9.17) is 4.74 Å². The Bertz CT molecular complexity index is 1420. The van der Waals surface area contributed by atoms with Gasteiger partial charge in [0.2, 0.25) is 0 Å². The average molecular weight is 488 g/mol. The predicted molar refractivity (Wildman–Crippen MR) is 131 cm³/mol. The van der Waals surface area contributed by atoms with Crippen molar-refractivity contribution < 1.29 is 17.9 Å². The fourth-order valence-electron chi connectivity index (χ4n) is 4.46. The van der Waals surface area contributed by atoms with Crippen LogP contribution in [0.25, 0.3) is 0 Å². The predicted octanol–water partition coefficient (Wildman–Crippen LogP) is 4.59. The Morgan fingerprint density at radius 1 is 0.971 bits per heavy atom. The zero-order chi connectivity index (χ0) is 24.3. The molecule has 2 aromatic heterocycles. The maximum atomic E-state index is 13.3. The fourth-order valence-corrected chi connectivity index (χ4v) is 5.81. The number of fused-ring (bicyclic) bond motifs is 1. The van der Waals surface area contributed by atoms with Gasteiger partial charge in [0.1, 0.15) is 11.9 Å². The van der Waals surface area contributed by atoms with Crippen LogP contribution in [0.1, 0.15) is 46.0 Å². The van der Waals surface area contributed by atoms with Crippen molar-refractivity contribution >= 4 is 15.6 Å². The number of sulfone groups is 1. The lowest BCUT2D eigenvalue weighted by Gasteiger charge is -2.25. The van der Waals surface area contributed by atoms with Crippen molar-refractivity contribution in [2.45, 2.75) is 42.7 Å². The molecule has 35 heavy (non-hydrogen) atoms. The Hall–Kier alpha value is -3.78. The highest BCUT2D eigenvalue weighted by Crippen LogP contribution is 2.36. The summed E-state index contributed by atoms with van der Waals surface area (Å²) in [6, 6.07) is 18.1. The van der Waals surface area contributed by atoms with Crippen LogP contribution >= 0.6 is 0 Å². The lowest BCUT2D eigenvalue weighted by atomic mass is 9.87. The van der Waals surface area contributed by atoms with Crippen LogP contribution in [0.15, 0.2) is 90.6 Å².